The van der Waals surface area contributed by atoms with Gasteiger partial charge in [-0.2, -0.15) is 8.78 Å². The van der Waals surface area contributed by atoms with Gasteiger partial charge in [0.05, 0.1) is 12.0 Å². The minimum Gasteiger partial charge on any atom is -0.479 e. The molecular weight excluding hydrogens is 186 g/mol. The number of rotatable bonds is 2. The largest absolute Gasteiger partial charge is 0.479 e. The van der Waals surface area contributed by atoms with Crippen molar-refractivity contribution in [2.24, 2.45) is 0 Å². The highest BCUT2D eigenvalue weighted by molar-refractivity contribution is 5.32. The third kappa shape index (κ3) is 1.53. The van der Waals surface area contributed by atoms with Crippen LogP contribution in [0.1, 0.15) is 0 Å². The van der Waals surface area contributed by atoms with Gasteiger partial charge in [0.25, 0.3) is 5.88 Å². The van der Waals surface area contributed by atoms with E-state index in [2.05, 4.69) is 9.72 Å². The molecule has 0 N–H and O–H groups in total. The van der Waals surface area contributed by atoms with Gasteiger partial charge in [0.15, 0.2) is 0 Å². The normalized spacial score (nSPS) is 9.77. The van der Waals surface area contributed by atoms with Gasteiger partial charge in [-0.1, -0.05) is 0 Å². The minimum atomic E-state index is -1.57. The Bertz CT molecular complexity index is 356. The smallest absolute Gasteiger partial charge is 0.326 e. The number of ether oxygens (including phenoxy) is 1. The van der Waals surface area contributed by atoms with Crippen LogP contribution in [0.4, 0.5) is 14.5 Å². The lowest BCUT2D eigenvalue weighted by Crippen LogP contribution is -2.00. The van der Waals surface area contributed by atoms with Crippen LogP contribution in [0.2, 0.25) is 0 Å². The van der Waals surface area contributed by atoms with Crippen molar-refractivity contribution >= 4 is 5.69 Å². The number of pyridine rings is 1. The molecule has 0 atom stereocenters. The second-order valence-corrected chi connectivity index (χ2v) is 2.04. The second kappa shape index (κ2) is 3.30. The standard InChI is InChI=1S/C6H4F2N2O3/c1-13-6-5(8)4(7)3(2-9-6)10(11)12/h2H,1H3. The molecule has 0 unspecified atom stereocenters. The van der Waals surface area contributed by atoms with Crippen molar-refractivity contribution in [3.05, 3.63) is 27.9 Å². The third-order valence-electron chi connectivity index (χ3n) is 1.30. The predicted octanol–water partition coefficient (Wildman–Crippen LogP) is 1.28. The molecule has 0 saturated carbocycles. The van der Waals surface area contributed by atoms with Gasteiger partial charge in [0.1, 0.15) is 6.20 Å². The van der Waals surface area contributed by atoms with Crippen molar-refractivity contribution < 1.29 is 18.4 Å². The average Bonchev–Trinajstić information content (AvgIpc) is 2.09. The number of halogens is 2. The molecule has 0 spiro atoms. The number of nitrogens with zero attached hydrogens (tertiary/aromatic N) is 2. The molecule has 0 fully saturated rings. The summed E-state index contributed by atoms with van der Waals surface area (Å²) in [6, 6.07) is 0. The molecule has 1 heterocycles. The van der Waals surface area contributed by atoms with E-state index < -0.39 is 28.1 Å². The van der Waals surface area contributed by atoms with Gasteiger partial charge >= 0.3 is 5.69 Å². The highest BCUT2D eigenvalue weighted by atomic mass is 19.2. The first-order valence-electron chi connectivity index (χ1n) is 3.10. The van der Waals surface area contributed by atoms with Gasteiger partial charge in [-0.3, -0.25) is 10.1 Å². The van der Waals surface area contributed by atoms with Crippen LogP contribution in [0, 0.1) is 21.7 Å². The van der Waals surface area contributed by atoms with Gasteiger partial charge in [-0.25, -0.2) is 4.98 Å². The van der Waals surface area contributed by atoms with E-state index in [-0.39, 0.29) is 0 Å². The quantitative estimate of drug-likeness (QED) is 0.520. The van der Waals surface area contributed by atoms with E-state index >= 15 is 0 Å². The fourth-order valence-corrected chi connectivity index (χ4v) is 0.709. The average molecular weight is 190 g/mol. The summed E-state index contributed by atoms with van der Waals surface area (Å²) in [5.41, 5.74) is -1.02. The summed E-state index contributed by atoms with van der Waals surface area (Å²) in [6.07, 6.45) is 0.594. The van der Waals surface area contributed by atoms with E-state index in [9.17, 15) is 18.9 Å². The van der Waals surface area contributed by atoms with Crippen molar-refractivity contribution in [3.8, 4) is 5.88 Å². The number of hydrogen-bond acceptors (Lipinski definition) is 4. The summed E-state index contributed by atoms with van der Waals surface area (Å²) >= 11 is 0. The Labute approximate surface area is 71.1 Å². The van der Waals surface area contributed by atoms with Gasteiger partial charge in [0, 0.05) is 0 Å². The summed E-state index contributed by atoms with van der Waals surface area (Å²) in [6.45, 7) is 0. The Hall–Kier alpha value is -1.79. The van der Waals surface area contributed by atoms with Crippen molar-refractivity contribution in [1.82, 2.24) is 4.98 Å². The van der Waals surface area contributed by atoms with E-state index in [4.69, 9.17) is 0 Å². The van der Waals surface area contributed by atoms with Crippen LogP contribution in [0.3, 0.4) is 0 Å². The lowest BCUT2D eigenvalue weighted by Gasteiger charge is -2.00. The van der Waals surface area contributed by atoms with Crippen LogP contribution in [0.25, 0.3) is 0 Å². The minimum absolute atomic E-state index is 0.594. The summed E-state index contributed by atoms with van der Waals surface area (Å²) in [5, 5.41) is 10.1. The zero-order chi connectivity index (χ0) is 10.0. The molecule has 1 aromatic rings. The maximum atomic E-state index is 12.8. The monoisotopic (exact) mass is 190 g/mol. The first kappa shape index (κ1) is 9.30. The number of methoxy groups -OCH3 is 1. The topological polar surface area (TPSA) is 65.3 Å². The van der Waals surface area contributed by atoms with E-state index in [1.807, 2.05) is 0 Å². The Kier molecular flexibility index (Phi) is 2.36. The first-order valence-corrected chi connectivity index (χ1v) is 3.10. The van der Waals surface area contributed by atoms with Crippen LogP contribution in [-0.2, 0) is 0 Å². The van der Waals surface area contributed by atoms with Gasteiger partial charge in [0.2, 0.25) is 11.6 Å². The van der Waals surface area contributed by atoms with Crippen LogP contribution >= 0.6 is 0 Å². The summed E-state index contributed by atoms with van der Waals surface area (Å²) < 4.78 is 29.8. The molecule has 0 radical (unpaired) electrons. The lowest BCUT2D eigenvalue weighted by atomic mass is 10.4. The fraction of sp³-hybridized carbons (Fsp3) is 0.167. The van der Waals surface area contributed by atoms with E-state index in [0.29, 0.717) is 6.20 Å². The molecule has 1 rings (SSSR count). The van der Waals surface area contributed by atoms with Crippen LogP contribution in [0.5, 0.6) is 5.88 Å². The SMILES string of the molecule is COc1ncc([N+](=O)[O-])c(F)c1F. The predicted molar refractivity (Wildman–Crippen MR) is 37.4 cm³/mol. The highest BCUT2D eigenvalue weighted by Crippen LogP contribution is 2.23. The van der Waals surface area contributed by atoms with Crippen LogP contribution in [-0.4, -0.2) is 17.0 Å². The zero-order valence-electron chi connectivity index (χ0n) is 6.45. The molecule has 0 aliphatic heterocycles. The summed E-state index contributed by atoms with van der Waals surface area (Å²) in [7, 11) is 1.08. The Balaban J connectivity index is 3.31. The van der Waals surface area contributed by atoms with E-state index in [1.165, 1.54) is 0 Å². The van der Waals surface area contributed by atoms with Crippen molar-refractivity contribution in [1.29, 1.82) is 0 Å². The molecule has 0 bridgehead atoms. The van der Waals surface area contributed by atoms with Gasteiger partial charge in [-0.15, -0.1) is 0 Å². The fourth-order valence-electron chi connectivity index (χ4n) is 0.709. The maximum absolute atomic E-state index is 12.8. The first-order chi connectivity index (χ1) is 6.07. The molecule has 0 amide bonds. The summed E-state index contributed by atoms with van der Waals surface area (Å²) in [4.78, 5) is 12.2. The van der Waals surface area contributed by atoms with Crippen molar-refractivity contribution in [3.63, 3.8) is 0 Å². The van der Waals surface area contributed by atoms with Crippen molar-refractivity contribution in [2.75, 3.05) is 7.11 Å². The van der Waals surface area contributed by atoms with Crippen LogP contribution < -0.4 is 4.74 Å². The molecule has 13 heavy (non-hydrogen) atoms. The molecule has 0 saturated heterocycles. The Morgan fingerprint density at radius 1 is 1.54 bits per heavy atom. The van der Waals surface area contributed by atoms with E-state index in [1.54, 1.807) is 0 Å². The molecule has 1 aromatic heterocycles. The zero-order valence-corrected chi connectivity index (χ0v) is 6.45. The Morgan fingerprint density at radius 2 is 2.15 bits per heavy atom. The highest BCUT2D eigenvalue weighted by Gasteiger charge is 2.22. The van der Waals surface area contributed by atoms with Crippen molar-refractivity contribution in [2.45, 2.75) is 0 Å². The van der Waals surface area contributed by atoms with Crippen LogP contribution in [0.15, 0.2) is 6.20 Å². The van der Waals surface area contributed by atoms with Gasteiger partial charge < -0.3 is 4.74 Å². The molecule has 0 aliphatic rings. The third-order valence-corrected chi connectivity index (χ3v) is 1.30. The number of nitro groups is 1. The number of hydrogen-bond donors (Lipinski definition) is 0. The van der Waals surface area contributed by atoms with Gasteiger partial charge in [-0.05, 0) is 0 Å². The maximum Gasteiger partial charge on any atom is 0.326 e. The molecule has 7 heteroatoms. The second-order valence-electron chi connectivity index (χ2n) is 2.04. The van der Waals surface area contributed by atoms with E-state index in [0.717, 1.165) is 7.11 Å². The molecular formula is C6H4F2N2O3. The summed E-state index contributed by atoms with van der Waals surface area (Å²) in [5.74, 6) is -3.64. The lowest BCUT2D eigenvalue weighted by molar-refractivity contribution is -0.388. The molecule has 0 aliphatic carbocycles. The molecule has 0 aromatic carbocycles. The molecule has 70 valence electrons. The molecule has 5 nitrogen and oxygen atoms in total. The Morgan fingerprint density at radius 3 is 2.62 bits per heavy atom. The number of aromatic nitrogens is 1.